The predicted octanol–water partition coefficient (Wildman–Crippen LogP) is 9.64. The van der Waals surface area contributed by atoms with Crippen LogP contribution in [0.3, 0.4) is 0 Å². The van der Waals surface area contributed by atoms with Crippen molar-refractivity contribution < 1.29 is 4.57 Å². The Morgan fingerprint density at radius 1 is 0.388 bits per heavy atom. The zero-order valence-corrected chi connectivity index (χ0v) is 27.0. The second kappa shape index (κ2) is 12.3. The minimum absolute atomic E-state index is 0.864. The quantitative estimate of drug-likeness (QED) is 0.168. The van der Waals surface area contributed by atoms with Gasteiger partial charge in [-0.15, -0.1) is 11.3 Å². The number of thiophene rings is 1. The summed E-state index contributed by atoms with van der Waals surface area (Å²) < 4.78 is 4.42. The molecule has 0 spiro atoms. The molecule has 49 heavy (non-hydrogen) atoms. The first-order chi connectivity index (χ1) is 24.3. The molecule has 0 radical (unpaired) electrons. The normalized spacial score (nSPS) is 11.3. The van der Waals surface area contributed by atoms with Crippen LogP contribution in [0.5, 0.6) is 0 Å². The van der Waals surface area contributed by atoms with Gasteiger partial charge in [0, 0.05) is 75.3 Å². The van der Waals surface area contributed by atoms with Gasteiger partial charge in [-0.25, -0.2) is 0 Å². The van der Waals surface area contributed by atoms with Crippen molar-refractivity contribution >= 4 is 31.5 Å². The van der Waals surface area contributed by atoms with E-state index in [-0.39, 0.29) is 0 Å². The van der Waals surface area contributed by atoms with E-state index in [0.717, 1.165) is 82.1 Å². The van der Waals surface area contributed by atoms with Crippen LogP contribution in [0.1, 0.15) is 0 Å². The lowest BCUT2D eigenvalue weighted by molar-refractivity contribution is -0.594. The van der Waals surface area contributed by atoms with Crippen molar-refractivity contribution in [3.8, 4) is 62.0 Å². The molecule has 9 aromatic rings. The maximum atomic E-state index is 4.94. The first-order valence-corrected chi connectivity index (χ1v) is 16.8. The van der Waals surface area contributed by atoms with Gasteiger partial charge < -0.3 is 0 Å². The zero-order chi connectivity index (χ0) is 32.6. The lowest BCUT2D eigenvalue weighted by atomic mass is 9.90. The Hall–Kier alpha value is -6.44. The van der Waals surface area contributed by atoms with Gasteiger partial charge in [0.25, 0.3) is 0 Å². The summed E-state index contributed by atoms with van der Waals surface area (Å²) in [4.78, 5) is 24.5. The van der Waals surface area contributed by atoms with Gasteiger partial charge in [0.1, 0.15) is 0 Å². The molecule has 0 unspecified atom stereocenters. The summed E-state index contributed by atoms with van der Waals surface area (Å²) in [5.41, 5.74) is 10.5. The number of rotatable bonds is 6. The van der Waals surface area contributed by atoms with Crippen molar-refractivity contribution in [2.45, 2.75) is 0 Å². The third-order valence-corrected chi connectivity index (χ3v) is 9.90. The molecule has 9 rings (SSSR count). The van der Waals surface area contributed by atoms with E-state index in [9.17, 15) is 0 Å². The fourth-order valence-corrected chi connectivity index (χ4v) is 7.95. The monoisotopic (exact) mass is 647 g/mol. The molecular weight excluding hydrogens is 621 g/mol. The zero-order valence-electron chi connectivity index (χ0n) is 26.2. The van der Waals surface area contributed by atoms with E-state index in [0.29, 0.717) is 0 Å². The highest BCUT2D eigenvalue weighted by Crippen LogP contribution is 2.51. The molecule has 6 nitrogen and oxygen atoms in total. The summed E-state index contributed by atoms with van der Waals surface area (Å²) >= 11 is 1.77. The van der Waals surface area contributed by atoms with Crippen LogP contribution in [0.4, 0.5) is 0 Å². The van der Waals surface area contributed by atoms with Gasteiger partial charge in [-0.1, -0.05) is 36.4 Å². The summed E-state index contributed by atoms with van der Waals surface area (Å²) in [6, 6.07) is 41.0. The molecule has 7 heteroatoms. The van der Waals surface area contributed by atoms with Crippen LogP contribution >= 0.6 is 11.3 Å². The van der Waals surface area contributed by atoms with Crippen molar-refractivity contribution in [3.63, 3.8) is 0 Å². The standard InChI is InChI=1S/C42H27N6S/c1-12-24-48(25-13-1)40-31(33-15-3-8-20-44-33)27-29-28-26-30(32-14-2-7-19-43-32)37(34-16-4-9-21-45-34)38(35-17-5-10-22-46-35)41(28)49-42(29)39(40)36-18-6-11-23-47-36/h1-27H/q+1. The highest BCUT2D eigenvalue weighted by Gasteiger charge is 2.30. The van der Waals surface area contributed by atoms with Crippen LogP contribution in [0.15, 0.2) is 165 Å². The molecule has 0 aliphatic carbocycles. The third-order valence-electron chi connectivity index (χ3n) is 8.64. The Labute approximate surface area is 286 Å². The van der Waals surface area contributed by atoms with Gasteiger partial charge >= 0.3 is 0 Å². The van der Waals surface area contributed by atoms with Crippen molar-refractivity contribution in [2.24, 2.45) is 0 Å². The van der Waals surface area contributed by atoms with Gasteiger partial charge in [0.15, 0.2) is 12.4 Å². The highest BCUT2D eigenvalue weighted by atomic mass is 32.1. The number of hydrogen-bond acceptors (Lipinski definition) is 6. The number of benzene rings is 2. The molecule has 0 N–H and O–H groups in total. The molecule has 0 amide bonds. The number of nitrogens with zero attached hydrogens (tertiary/aromatic N) is 6. The largest absolute Gasteiger partial charge is 0.256 e. The van der Waals surface area contributed by atoms with Crippen molar-refractivity contribution in [2.75, 3.05) is 0 Å². The minimum Gasteiger partial charge on any atom is -0.256 e. The molecule has 7 heterocycles. The lowest BCUT2D eigenvalue weighted by Gasteiger charge is -2.16. The van der Waals surface area contributed by atoms with E-state index in [4.69, 9.17) is 24.9 Å². The van der Waals surface area contributed by atoms with Crippen molar-refractivity contribution in [1.82, 2.24) is 24.9 Å². The Morgan fingerprint density at radius 3 is 1.33 bits per heavy atom. The van der Waals surface area contributed by atoms with E-state index in [1.807, 2.05) is 97.7 Å². The molecule has 0 atom stereocenters. The van der Waals surface area contributed by atoms with Gasteiger partial charge in [-0.05, 0) is 72.8 Å². The topological polar surface area (TPSA) is 68.3 Å². The van der Waals surface area contributed by atoms with Gasteiger partial charge in [-0.2, -0.15) is 4.57 Å². The Bertz CT molecular complexity index is 2380. The van der Waals surface area contributed by atoms with Crippen LogP contribution < -0.4 is 4.57 Å². The maximum absolute atomic E-state index is 4.94. The molecule has 0 aliphatic heterocycles. The number of pyridine rings is 6. The van der Waals surface area contributed by atoms with Crippen LogP contribution in [-0.2, 0) is 0 Å². The fraction of sp³-hybridized carbons (Fsp3) is 0. The summed E-state index contributed by atoms with van der Waals surface area (Å²) in [5.74, 6) is 0. The maximum Gasteiger partial charge on any atom is 0.231 e. The molecule has 0 aliphatic rings. The Kier molecular flexibility index (Phi) is 7.22. The van der Waals surface area contributed by atoms with E-state index < -0.39 is 0 Å². The van der Waals surface area contributed by atoms with Gasteiger partial charge in [0.05, 0.1) is 44.3 Å². The highest BCUT2D eigenvalue weighted by molar-refractivity contribution is 7.27. The van der Waals surface area contributed by atoms with Crippen molar-refractivity contribution in [3.05, 3.63) is 165 Å². The third kappa shape index (κ3) is 5.04. The average Bonchev–Trinajstić information content (AvgIpc) is 3.56. The van der Waals surface area contributed by atoms with Crippen LogP contribution in [-0.4, -0.2) is 24.9 Å². The molecule has 230 valence electrons. The van der Waals surface area contributed by atoms with Crippen molar-refractivity contribution in [1.29, 1.82) is 0 Å². The number of aromatic nitrogens is 6. The van der Waals surface area contributed by atoms with E-state index >= 15 is 0 Å². The summed E-state index contributed by atoms with van der Waals surface area (Å²) in [7, 11) is 0. The molecule has 2 aromatic carbocycles. The van der Waals surface area contributed by atoms with Crippen LogP contribution in [0, 0.1) is 0 Å². The molecule has 0 saturated heterocycles. The van der Waals surface area contributed by atoms with E-state index in [1.165, 1.54) is 0 Å². The SMILES string of the molecule is c1cc[n+](-c2c(-c3ccccn3)cc3c(sc4c(-c5ccccn5)c(-c5ccccn5)c(-c5ccccn5)cc43)c2-c2ccccn2)cc1. The molecule has 0 bridgehead atoms. The lowest BCUT2D eigenvalue weighted by Crippen LogP contribution is -2.31. The fourth-order valence-electron chi connectivity index (χ4n) is 6.57. The Morgan fingerprint density at radius 2 is 0.816 bits per heavy atom. The second-order valence-corrected chi connectivity index (χ2v) is 12.6. The van der Waals surface area contributed by atoms with E-state index in [2.05, 4.69) is 71.6 Å². The number of fused-ring (bicyclic) bond motifs is 3. The smallest absolute Gasteiger partial charge is 0.231 e. The van der Waals surface area contributed by atoms with E-state index in [1.54, 1.807) is 11.3 Å². The first-order valence-electron chi connectivity index (χ1n) is 16.0. The summed E-state index contributed by atoms with van der Waals surface area (Å²) in [6.45, 7) is 0. The minimum atomic E-state index is 0.864. The molecule has 0 saturated carbocycles. The van der Waals surface area contributed by atoms with Crippen LogP contribution in [0.2, 0.25) is 0 Å². The molecular formula is C42H27N6S+. The van der Waals surface area contributed by atoms with Crippen LogP contribution in [0.25, 0.3) is 82.1 Å². The summed E-state index contributed by atoms with van der Waals surface area (Å²) in [5, 5.41) is 2.23. The van der Waals surface area contributed by atoms with Gasteiger partial charge in [0.2, 0.25) is 5.69 Å². The average molecular weight is 648 g/mol. The molecule has 7 aromatic heterocycles. The Balaban J connectivity index is 1.52. The second-order valence-electron chi connectivity index (χ2n) is 11.5. The van der Waals surface area contributed by atoms with Gasteiger partial charge in [-0.3, -0.25) is 24.9 Å². The molecule has 0 fully saturated rings. The number of hydrogen-bond donors (Lipinski definition) is 0. The summed E-state index contributed by atoms with van der Waals surface area (Å²) in [6.07, 6.45) is 13.4. The first kappa shape index (κ1) is 28.8. The predicted molar refractivity (Wildman–Crippen MR) is 197 cm³/mol.